The van der Waals surface area contributed by atoms with Crippen molar-refractivity contribution in [3.8, 4) is 0 Å². The smallest absolute Gasteiger partial charge is 0.306 e. The highest BCUT2D eigenvalue weighted by Crippen LogP contribution is 2.12. The fourth-order valence-electron chi connectivity index (χ4n) is 5.93. The van der Waals surface area contributed by atoms with Crippen LogP contribution in [0.5, 0.6) is 0 Å². The van der Waals surface area contributed by atoms with Gasteiger partial charge in [0.2, 0.25) is 0 Å². The number of hydrogen-bond acceptors (Lipinski definition) is 6. The third-order valence-corrected chi connectivity index (χ3v) is 8.94. The van der Waals surface area contributed by atoms with Gasteiger partial charge < -0.3 is 19.3 Å². The maximum atomic E-state index is 12.2. The highest BCUT2D eigenvalue weighted by Gasteiger charge is 2.09. The van der Waals surface area contributed by atoms with Crippen LogP contribution in [-0.2, 0) is 19.1 Å². The molecule has 0 heterocycles. The Kier molecular flexibility index (Phi) is 34.0. The molecule has 0 N–H and O–H groups in total. The van der Waals surface area contributed by atoms with Crippen LogP contribution in [0.25, 0.3) is 0 Å². The molecular formula is C42H80N2O4. The Morgan fingerprint density at radius 3 is 1.27 bits per heavy atom. The molecule has 0 aromatic carbocycles. The molecule has 6 nitrogen and oxygen atoms in total. The second kappa shape index (κ2) is 35.2. The number of rotatable bonds is 35. The maximum Gasteiger partial charge on any atom is 0.306 e. The standard InChI is InChI=1S/C42H80N2O4/c1-7-9-11-13-17-23-31-39(3)47-41(45)33-25-19-15-21-27-36-44(38-30-29-35-43(5)6)37-28-22-16-20-26-34-42(46)48-40(4)32-24-18-14-12-10-8-2/h23-24,31-32,39-40H,7-22,25-30,33-38H2,1-6H3. The number of allylic oxidation sites excluding steroid dienone is 2. The summed E-state index contributed by atoms with van der Waals surface area (Å²) in [4.78, 5) is 29.3. The second-order valence-electron chi connectivity index (χ2n) is 14.3. The molecule has 6 heteroatoms. The molecule has 0 aromatic rings. The first kappa shape index (κ1) is 46.3. The Balaban J connectivity index is 4.07. The number of nitrogens with zero attached hydrogens (tertiary/aromatic N) is 2. The highest BCUT2D eigenvalue weighted by molar-refractivity contribution is 5.70. The summed E-state index contributed by atoms with van der Waals surface area (Å²) in [7, 11) is 4.30. The van der Waals surface area contributed by atoms with E-state index in [4.69, 9.17) is 9.47 Å². The summed E-state index contributed by atoms with van der Waals surface area (Å²) in [6, 6.07) is 0. The zero-order valence-corrected chi connectivity index (χ0v) is 32.8. The molecule has 0 spiro atoms. The van der Waals surface area contributed by atoms with Crippen molar-refractivity contribution in [2.24, 2.45) is 0 Å². The molecule has 0 radical (unpaired) electrons. The zero-order valence-electron chi connectivity index (χ0n) is 32.8. The van der Waals surface area contributed by atoms with E-state index in [-0.39, 0.29) is 24.1 Å². The first-order valence-corrected chi connectivity index (χ1v) is 20.4. The Labute approximate surface area is 298 Å². The number of carbonyl (C=O) groups excluding carboxylic acids is 2. The average Bonchev–Trinajstić information content (AvgIpc) is 3.04. The topological polar surface area (TPSA) is 59.1 Å². The predicted octanol–water partition coefficient (Wildman–Crippen LogP) is 11.2. The molecule has 0 bridgehead atoms. The quantitative estimate of drug-likeness (QED) is 0.0378. The minimum absolute atomic E-state index is 0.0622. The van der Waals surface area contributed by atoms with E-state index < -0.39 is 0 Å². The van der Waals surface area contributed by atoms with Gasteiger partial charge in [0, 0.05) is 12.8 Å². The lowest BCUT2D eigenvalue weighted by Crippen LogP contribution is -2.28. The summed E-state index contributed by atoms with van der Waals surface area (Å²) >= 11 is 0. The van der Waals surface area contributed by atoms with E-state index in [0.717, 1.165) is 45.1 Å². The Bertz CT molecular complexity index is 726. The van der Waals surface area contributed by atoms with E-state index >= 15 is 0 Å². The van der Waals surface area contributed by atoms with Gasteiger partial charge in [0.05, 0.1) is 0 Å². The second-order valence-corrected chi connectivity index (χ2v) is 14.3. The van der Waals surface area contributed by atoms with Crippen LogP contribution in [-0.4, -0.2) is 74.2 Å². The van der Waals surface area contributed by atoms with E-state index in [2.05, 4.69) is 49.9 Å². The molecule has 0 aliphatic rings. The minimum atomic E-state index is -0.123. The van der Waals surface area contributed by atoms with Crippen molar-refractivity contribution in [1.82, 2.24) is 9.80 Å². The molecule has 0 aliphatic carbocycles. The van der Waals surface area contributed by atoms with Gasteiger partial charge in [0.15, 0.2) is 0 Å². The van der Waals surface area contributed by atoms with Crippen molar-refractivity contribution in [1.29, 1.82) is 0 Å². The van der Waals surface area contributed by atoms with Crippen LogP contribution >= 0.6 is 0 Å². The van der Waals surface area contributed by atoms with E-state index in [1.807, 2.05) is 26.0 Å². The molecule has 0 saturated carbocycles. The van der Waals surface area contributed by atoms with Crippen LogP contribution in [0, 0.1) is 0 Å². The lowest BCUT2D eigenvalue weighted by atomic mass is 10.1. The normalized spacial score (nSPS) is 13.2. The lowest BCUT2D eigenvalue weighted by Gasteiger charge is -2.23. The summed E-state index contributed by atoms with van der Waals surface area (Å²) in [5.74, 6) is -0.124. The Hall–Kier alpha value is -1.66. The van der Waals surface area contributed by atoms with Crippen molar-refractivity contribution >= 4 is 11.9 Å². The van der Waals surface area contributed by atoms with Crippen LogP contribution in [0.2, 0.25) is 0 Å². The van der Waals surface area contributed by atoms with Gasteiger partial charge in [-0.2, -0.15) is 0 Å². The fraction of sp³-hybridized carbons (Fsp3) is 0.857. The van der Waals surface area contributed by atoms with Gasteiger partial charge in [-0.25, -0.2) is 0 Å². The number of unbranched alkanes of at least 4 members (excludes halogenated alkanes) is 17. The average molecular weight is 677 g/mol. The molecule has 0 rings (SSSR count). The number of ether oxygens (including phenoxy) is 2. The molecular weight excluding hydrogens is 596 g/mol. The van der Waals surface area contributed by atoms with Crippen molar-refractivity contribution in [3.63, 3.8) is 0 Å². The molecule has 2 atom stereocenters. The van der Waals surface area contributed by atoms with E-state index in [1.54, 1.807) is 0 Å². The van der Waals surface area contributed by atoms with Crippen molar-refractivity contribution in [2.45, 2.75) is 194 Å². The predicted molar refractivity (Wildman–Crippen MR) is 207 cm³/mol. The van der Waals surface area contributed by atoms with Gasteiger partial charge in [-0.15, -0.1) is 0 Å². The first-order valence-electron chi connectivity index (χ1n) is 20.4. The maximum absolute atomic E-state index is 12.2. The van der Waals surface area contributed by atoms with Crippen molar-refractivity contribution in [3.05, 3.63) is 24.3 Å². The van der Waals surface area contributed by atoms with Gasteiger partial charge in [-0.1, -0.05) is 103 Å². The van der Waals surface area contributed by atoms with E-state index in [9.17, 15) is 9.59 Å². The van der Waals surface area contributed by atoms with Gasteiger partial charge in [0.1, 0.15) is 12.2 Å². The van der Waals surface area contributed by atoms with Gasteiger partial charge in [0.25, 0.3) is 0 Å². The number of esters is 2. The number of carbonyl (C=O) groups is 2. The summed E-state index contributed by atoms with van der Waals surface area (Å²) in [6.07, 6.45) is 35.3. The summed E-state index contributed by atoms with van der Waals surface area (Å²) < 4.78 is 11.1. The monoisotopic (exact) mass is 677 g/mol. The molecule has 48 heavy (non-hydrogen) atoms. The largest absolute Gasteiger partial charge is 0.458 e. The lowest BCUT2D eigenvalue weighted by molar-refractivity contribution is -0.147. The van der Waals surface area contributed by atoms with Crippen LogP contribution in [0.1, 0.15) is 182 Å². The van der Waals surface area contributed by atoms with Crippen LogP contribution < -0.4 is 0 Å². The third-order valence-electron chi connectivity index (χ3n) is 8.94. The van der Waals surface area contributed by atoms with Crippen molar-refractivity contribution in [2.75, 3.05) is 40.3 Å². The molecule has 0 aromatic heterocycles. The summed E-state index contributed by atoms with van der Waals surface area (Å²) in [6.45, 7) is 13.1. The first-order chi connectivity index (χ1) is 23.3. The van der Waals surface area contributed by atoms with Crippen molar-refractivity contribution < 1.29 is 19.1 Å². The Morgan fingerprint density at radius 2 is 0.854 bits per heavy atom. The van der Waals surface area contributed by atoms with Crippen LogP contribution in [0.3, 0.4) is 0 Å². The van der Waals surface area contributed by atoms with Crippen LogP contribution in [0.4, 0.5) is 0 Å². The molecule has 0 amide bonds. The van der Waals surface area contributed by atoms with Gasteiger partial charge in [-0.05, 0) is 130 Å². The third kappa shape index (κ3) is 34.2. The number of hydrogen-bond donors (Lipinski definition) is 0. The zero-order chi connectivity index (χ0) is 35.5. The SMILES string of the molecule is CCCCCCC=CC(C)OC(=O)CCCCCCCN(CCCCCCCC(=O)OC(C)C=CCCCCCC)CCCCN(C)C. The van der Waals surface area contributed by atoms with E-state index in [1.165, 1.54) is 122 Å². The molecule has 0 fully saturated rings. The highest BCUT2D eigenvalue weighted by atomic mass is 16.5. The molecule has 2 unspecified atom stereocenters. The molecule has 282 valence electrons. The van der Waals surface area contributed by atoms with Gasteiger partial charge in [-0.3, -0.25) is 9.59 Å². The molecule has 0 aliphatic heterocycles. The minimum Gasteiger partial charge on any atom is -0.458 e. The Morgan fingerprint density at radius 1 is 0.500 bits per heavy atom. The summed E-state index contributed by atoms with van der Waals surface area (Å²) in [5, 5.41) is 0. The molecule has 0 saturated heterocycles. The van der Waals surface area contributed by atoms with E-state index in [0.29, 0.717) is 12.8 Å². The van der Waals surface area contributed by atoms with Gasteiger partial charge >= 0.3 is 11.9 Å². The van der Waals surface area contributed by atoms with Crippen LogP contribution in [0.15, 0.2) is 24.3 Å². The fourth-order valence-corrected chi connectivity index (χ4v) is 5.93. The summed E-state index contributed by atoms with van der Waals surface area (Å²) in [5.41, 5.74) is 0.